The third kappa shape index (κ3) is 2.68. The fourth-order valence-electron chi connectivity index (χ4n) is 1.16. The van der Waals surface area contributed by atoms with E-state index in [2.05, 4.69) is 4.98 Å². The van der Waals surface area contributed by atoms with Crippen molar-refractivity contribution in [2.45, 2.75) is 26.7 Å². The number of aromatic nitrogens is 2. The molecule has 1 heterocycles. The van der Waals surface area contributed by atoms with Crippen molar-refractivity contribution >= 4 is 5.78 Å². The maximum Gasteiger partial charge on any atom is 0.135 e. The van der Waals surface area contributed by atoms with E-state index in [1.807, 2.05) is 31.7 Å². The molecule has 0 radical (unpaired) electrons. The molecule has 1 rings (SSSR count). The summed E-state index contributed by atoms with van der Waals surface area (Å²) in [5.74, 6) is 1.43. The van der Waals surface area contributed by atoms with E-state index in [-0.39, 0.29) is 5.92 Å². The minimum absolute atomic E-state index is 0.139. The molecule has 1 aromatic rings. The van der Waals surface area contributed by atoms with Crippen LogP contribution >= 0.6 is 0 Å². The number of carbonyl (C=O) groups is 1. The van der Waals surface area contributed by atoms with Crippen LogP contribution in [-0.2, 0) is 18.3 Å². The lowest BCUT2D eigenvalue weighted by Crippen LogP contribution is -2.09. The van der Waals surface area contributed by atoms with Crippen LogP contribution in [0.15, 0.2) is 12.4 Å². The second kappa shape index (κ2) is 4.21. The van der Waals surface area contributed by atoms with Gasteiger partial charge in [-0.25, -0.2) is 4.98 Å². The number of Topliss-reactive ketones (excluding diaryl/α,β-unsaturated/α-hetero) is 1. The van der Waals surface area contributed by atoms with Gasteiger partial charge in [-0.1, -0.05) is 13.8 Å². The highest BCUT2D eigenvalue weighted by Crippen LogP contribution is 2.04. The second-order valence-electron chi connectivity index (χ2n) is 3.58. The molecule has 3 heteroatoms. The molecule has 0 amide bonds. The summed E-state index contributed by atoms with van der Waals surface area (Å²) in [5.41, 5.74) is 0. The standard InChI is InChI=1S/C10H16N2O/c1-8(2)9(13)4-5-10-11-6-7-12(10)3/h6-8H,4-5H2,1-3H3. The third-order valence-corrected chi connectivity index (χ3v) is 2.16. The minimum Gasteiger partial charge on any atom is -0.338 e. The van der Waals surface area contributed by atoms with E-state index in [1.54, 1.807) is 6.20 Å². The molecule has 3 nitrogen and oxygen atoms in total. The van der Waals surface area contributed by atoms with Crippen LogP contribution in [0.3, 0.4) is 0 Å². The maximum atomic E-state index is 11.3. The van der Waals surface area contributed by atoms with Crippen molar-refractivity contribution in [1.82, 2.24) is 9.55 Å². The van der Waals surface area contributed by atoms with Crippen molar-refractivity contribution in [1.29, 1.82) is 0 Å². The molecule has 0 aromatic carbocycles. The molecule has 0 unspecified atom stereocenters. The van der Waals surface area contributed by atoms with E-state index in [1.165, 1.54) is 0 Å². The van der Waals surface area contributed by atoms with Crippen LogP contribution in [0.1, 0.15) is 26.1 Å². The summed E-state index contributed by atoms with van der Waals surface area (Å²) < 4.78 is 1.95. The highest BCUT2D eigenvalue weighted by atomic mass is 16.1. The molecule has 0 saturated carbocycles. The van der Waals surface area contributed by atoms with Crippen LogP contribution in [-0.4, -0.2) is 15.3 Å². The summed E-state index contributed by atoms with van der Waals surface area (Å²) in [6, 6.07) is 0. The SMILES string of the molecule is CC(C)C(=O)CCc1nccn1C. The summed E-state index contributed by atoms with van der Waals surface area (Å²) in [7, 11) is 1.95. The Morgan fingerprint density at radius 1 is 1.62 bits per heavy atom. The van der Waals surface area contributed by atoms with Crippen molar-refractivity contribution in [2.24, 2.45) is 13.0 Å². The van der Waals surface area contributed by atoms with Gasteiger partial charge in [0, 0.05) is 38.2 Å². The van der Waals surface area contributed by atoms with E-state index in [4.69, 9.17) is 0 Å². The van der Waals surface area contributed by atoms with Gasteiger partial charge in [-0.2, -0.15) is 0 Å². The Bertz CT molecular complexity index is 289. The van der Waals surface area contributed by atoms with Crippen LogP contribution in [0, 0.1) is 5.92 Å². The van der Waals surface area contributed by atoms with E-state index < -0.39 is 0 Å². The number of rotatable bonds is 4. The first kappa shape index (κ1) is 9.96. The summed E-state index contributed by atoms with van der Waals surface area (Å²) >= 11 is 0. The number of aryl methyl sites for hydroxylation is 2. The smallest absolute Gasteiger partial charge is 0.135 e. The minimum atomic E-state index is 0.139. The largest absolute Gasteiger partial charge is 0.338 e. The topological polar surface area (TPSA) is 34.9 Å². The first-order chi connectivity index (χ1) is 6.11. The Hall–Kier alpha value is -1.12. The number of carbonyl (C=O) groups excluding carboxylic acids is 1. The normalized spacial score (nSPS) is 10.8. The molecule has 0 bridgehead atoms. The molecule has 0 N–H and O–H groups in total. The number of hydrogen-bond acceptors (Lipinski definition) is 2. The Balaban J connectivity index is 2.44. The molecular formula is C10H16N2O. The quantitative estimate of drug-likeness (QED) is 0.705. The number of hydrogen-bond donors (Lipinski definition) is 0. The first-order valence-electron chi connectivity index (χ1n) is 4.60. The van der Waals surface area contributed by atoms with Gasteiger partial charge in [-0.3, -0.25) is 4.79 Å². The number of ketones is 1. The lowest BCUT2D eigenvalue weighted by molar-refractivity contribution is -0.121. The van der Waals surface area contributed by atoms with Crippen LogP contribution in [0.25, 0.3) is 0 Å². The summed E-state index contributed by atoms with van der Waals surface area (Å²) in [6.07, 6.45) is 5.01. The lowest BCUT2D eigenvalue weighted by atomic mass is 10.0. The molecule has 0 saturated heterocycles. The average molecular weight is 180 g/mol. The van der Waals surface area contributed by atoms with Crippen LogP contribution in [0.2, 0.25) is 0 Å². The lowest BCUT2D eigenvalue weighted by Gasteiger charge is -2.03. The molecule has 0 aliphatic carbocycles. The fraction of sp³-hybridized carbons (Fsp3) is 0.600. The molecule has 13 heavy (non-hydrogen) atoms. The highest BCUT2D eigenvalue weighted by Gasteiger charge is 2.08. The molecule has 0 aliphatic heterocycles. The van der Waals surface area contributed by atoms with Crippen LogP contribution in [0.5, 0.6) is 0 Å². The van der Waals surface area contributed by atoms with Crippen molar-refractivity contribution in [3.63, 3.8) is 0 Å². The monoisotopic (exact) mass is 180 g/mol. The van der Waals surface area contributed by atoms with E-state index in [0.717, 1.165) is 12.2 Å². The van der Waals surface area contributed by atoms with Gasteiger partial charge in [-0.05, 0) is 0 Å². The molecular weight excluding hydrogens is 164 g/mol. The van der Waals surface area contributed by atoms with Gasteiger partial charge >= 0.3 is 0 Å². The summed E-state index contributed by atoms with van der Waals surface area (Å²) in [5, 5.41) is 0. The van der Waals surface area contributed by atoms with Gasteiger partial charge in [0.1, 0.15) is 11.6 Å². The number of nitrogens with zero attached hydrogens (tertiary/aromatic N) is 2. The Labute approximate surface area is 78.8 Å². The predicted octanol–water partition coefficient (Wildman–Crippen LogP) is 1.58. The van der Waals surface area contributed by atoms with Gasteiger partial charge in [0.15, 0.2) is 0 Å². The zero-order valence-electron chi connectivity index (χ0n) is 8.45. The molecule has 0 spiro atoms. The summed E-state index contributed by atoms with van der Waals surface area (Å²) in [6.45, 7) is 3.86. The van der Waals surface area contributed by atoms with Crippen LogP contribution < -0.4 is 0 Å². The van der Waals surface area contributed by atoms with E-state index in [9.17, 15) is 4.79 Å². The molecule has 0 fully saturated rings. The Morgan fingerprint density at radius 3 is 2.77 bits per heavy atom. The zero-order valence-corrected chi connectivity index (χ0v) is 8.45. The van der Waals surface area contributed by atoms with Gasteiger partial charge in [-0.15, -0.1) is 0 Å². The molecule has 72 valence electrons. The van der Waals surface area contributed by atoms with Crippen molar-refractivity contribution in [2.75, 3.05) is 0 Å². The number of imidazole rings is 1. The predicted molar refractivity (Wildman–Crippen MR) is 51.4 cm³/mol. The Morgan fingerprint density at radius 2 is 2.31 bits per heavy atom. The average Bonchev–Trinajstić information content (AvgIpc) is 2.47. The van der Waals surface area contributed by atoms with Gasteiger partial charge in [0.05, 0.1) is 0 Å². The van der Waals surface area contributed by atoms with Crippen LogP contribution in [0.4, 0.5) is 0 Å². The molecule has 0 atom stereocenters. The van der Waals surface area contributed by atoms with Gasteiger partial charge in [0.2, 0.25) is 0 Å². The first-order valence-corrected chi connectivity index (χ1v) is 4.60. The van der Waals surface area contributed by atoms with E-state index in [0.29, 0.717) is 12.2 Å². The highest BCUT2D eigenvalue weighted by molar-refractivity contribution is 5.80. The maximum absolute atomic E-state index is 11.3. The molecule has 1 aromatic heterocycles. The van der Waals surface area contributed by atoms with Crippen molar-refractivity contribution < 1.29 is 4.79 Å². The zero-order chi connectivity index (χ0) is 9.84. The van der Waals surface area contributed by atoms with Crippen molar-refractivity contribution in [3.05, 3.63) is 18.2 Å². The second-order valence-corrected chi connectivity index (χ2v) is 3.58. The van der Waals surface area contributed by atoms with Gasteiger partial charge in [0.25, 0.3) is 0 Å². The fourth-order valence-corrected chi connectivity index (χ4v) is 1.16. The third-order valence-electron chi connectivity index (χ3n) is 2.16. The summed E-state index contributed by atoms with van der Waals surface area (Å²) in [4.78, 5) is 15.5. The molecule has 0 aliphatic rings. The van der Waals surface area contributed by atoms with Gasteiger partial charge < -0.3 is 4.57 Å². The Kier molecular flexibility index (Phi) is 3.23. The van der Waals surface area contributed by atoms with E-state index >= 15 is 0 Å². The van der Waals surface area contributed by atoms with Crippen molar-refractivity contribution in [3.8, 4) is 0 Å².